The summed E-state index contributed by atoms with van der Waals surface area (Å²) in [6, 6.07) is 0. The molecule has 1 amide bonds. The molecule has 17 heavy (non-hydrogen) atoms. The minimum Gasteiger partial charge on any atom is -0.369 e. The third kappa shape index (κ3) is 4.19. The fourth-order valence-corrected chi connectivity index (χ4v) is 1.56. The van der Waals surface area contributed by atoms with Crippen LogP contribution in [-0.4, -0.2) is 29.0 Å². The second-order valence-corrected chi connectivity index (χ2v) is 4.02. The van der Waals surface area contributed by atoms with E-state index in [0.29, 0.717) is 36.3 Å². The number of aryl methyl sites for hydroxylation is 1. The molecular weight excluding hydrogens is 240 g/mol. The van der Waals surface area contributed by atoms with Gasteiger partial charge >= 0.3 is 0 Å². The molecule has 1 aromatic rings. The van der Waals surface area contributed by atoms with E-state index in [2.05, 4.69) is 20.6 Å². The number of anilines is 1. The van der Waals surface area contributed by atoms with E-state index in [-0.39, 0.29) is 5.91 Å². The summed E-state index contributed by atoms with van der Waals surface area (Å²) in [4.78, 5) is 19.5. The Kier molecular flexibility index (Phi) is 5.15. The molecule has 0 atom stereocenters. The molecule has 0 bridgehead atoms. The average molecular weight is 257 g/mol. The molecule has 5 nitrogen and oxygen atoms in total. The van der Waals surface area contributed by atoms with Crippen LogP contribution in [0.5, 0.6) is 0 Å². The summed E-state index contributed by atoms with van der Waals surface area (Å²) in [6.45, 7) is 6.69. The van der Waals surface area contributed by atoms with Gasteiger partial charge in [-0.2, -0.15) is 0 Å². The molecule has 0 fully saturated rings. The van der Waals surface area contributed by atoms with Crippen LogP contribution < -0.4 is 10.6 Å². The summed E-state index contributed by atoms with van der Waals surface area (Å²) >= 11 is 5.94. The molecule has 0 aliphatic carbocycles. The van der Waals surface area contributed by atoms with Crippen molar-refractivity contribution in [3.63, 3.8) is 0 Å². The lowest BCUT2D eigenvalue weighted by atomic mass is 10.3. The third-order valence-corrected chi connectivity index (χ3v) is 2.58. The Morgan fingerprint density at radius 1 is 1.35 bits per heavy atom. The zero-order chi connectivity index (χ0) is 12.8. The minimum atomic E-state index is 0.0227. The summed E-state index contributed by atoms with van der Waals surface area (Å²) in [7, 11) is 0. The number of nitrogens with one attached hydrogen (secondary N) is 2. The van der Waals surface area contributed by atoms with E-state index in [1.165, 1.54) is 0 Å². The van der Waals surface area contributed by atoms with Crippen LogP contribution in [0.25, 0.3) is 0 Å². The number of carbonyl (C=O) groups is 1. The summed E-state index contributed by atoms with van der Waals surface area (Å²) in [5.74, 6) is 1.32. The van der Waals surface area contributed by atoms with Crippen molar-refractivity contribution in [1.82, 2.24) is 15.3 Å². The number of halogens is 1. The van der Waals surface area contributed by atoms with Crippen LogP contribution in [0.3, 0.4) is 0 Å². The van der Waals surface area contributed by atoms with E-state index in [1.807, 2.05) is 13.8 Å². The van der Waals surface area contributed by atoms with Crippen molar-refractivity contribution in [3.05, 3.63) is 16.5 Å². The minimum absolute atomic E-state index is 0.0227. The fraction of sp³-hybridized carbons (Fsp3) is 0.545. The van der Waals surface area contributed by atoms with Gasteiger partial charge in [0.25, 0.3) is 0 Å². The first-order valence-corrected chi connectivity index (χ1v) is 5.93. The predicted octanol–water partition coefficient (Wildman–Crippen LogP) is 1.68. The molecule has 6 heteroatoms. The van der Waals surface area contributed by atoms with E-state index in [1.54, 1.807) is 6.92 Å². The Morgan fingerprint density at radius 2 is 2.06 bits per heavy atom. The van der Waals surface area contributed by atoms with Crippen LogP contribution in [0.15, 0.2) is 0 Å². The van der Waals surface area contributed by atoms with Gasteiger partial charge in [-0.05, 0) is 20.8 Å². The lowest BCUT2D eigenvalue weighted by molar-refractivity contribution is -0.120. The first-order chi connectivity index (χ1) is 8.04. The molecule has 1 rings (SSSR count). The van der Waals surface area contributed by atoms with Crippen LogP contribution >= 0.6 is 11.6 Å². The van der Waals surface area contributed by atoms with E-state index < -0.39 is 0 Å². The smallest absolute Gasteiger partial charge is 0.221 e. The van der Waals surface area contributed by atoms with Crippen LogP contribution in [-0.2, 0) is 4.79 Å². The van der Waals surface area contributed by atoms with Crippen molar-refractivity contribution in [1.29, 1.82) is 0 Å². The zero-order valence-electron chi connectivity index (χ0n) is 10.3. The molecule has 1 heterocycles. The summed E-state index contributed by atoms with van der Waals surface area (Å²) in [5, 5.41) is 6.26. The van der Waals surface area contributed by atoms with Gasteiger partial charge in [0.2, 0.25) is 5.91 Å². The molecule has 0 aliphatic heterocycles. The number of aromatic nitrogens is 2. The van der Waals surface area contributed by atoms with Gasteiger partial charge in [-0.3, -0.25) is 4.79 Å². The van der Waals surface area contributed by atoms with Gasteiger partial charge in [-0.15, -0.1) is 0 Å². The average Bonchev–Trinajstić information content (AvgIpc) is 2.25. The Balaban J connectivity index is 2.55. The Morgan fingerprint density at radius 3 is 2.71 bits per heavy atom. The van der Waals surface area contributed by atoms with Crippen LogP contribution in [0.1, 0.15) is 24.7 Å². The van der Waals surface area contributed by atoms with Crippen molar-refractivity contribution in [3.8, 4) is 0 Å². The lowest BCUT2D eigenvalue weighted by Crippen LogP contribution is -2.25. The lowest BCUT2D eigenvalue weighted by Gasteiger charge is -2.09. The van der Waals surface area contributed by atoms with Gasteiger partial charge in [0.1, 0.15) is 16.8 Å². The van der Waals surface area contributed by atoms with Gasteiger partial charge in [0.15, 0.2) is 0 Å². The highest BCUT2D eigenvalue weighted by Gasteiger charge is 2.07. The first-order valence-electron chi connectivity index (χ1n) is 5.56. The topological polar surface area (TPSA) is 66.9 Å². The Hall–Kier alpha value is -1.36. The van der Waals surface area contributed by atoms with Crippen molar-refractivity contribution in [2.75, 3.05) is 18.4 Å². The van der Waals surface area contributed by atoms with Crippen LogP contribution in [0, 0.1) is 13.8 Å². The van der Waals surface area contributed by atoms with E-state index >= 15 is 0 Å². The summed E-state index contributed by atoms with van der Waals surface area (Å²) in [5.41, 5.74) is 0.799. The highest BCUT2D eigenvalue weighted by Crippen LogP contribution is 2.19. The van der Waals surface area contributed by atoms with Crippen molar-refractivity contribution in [2.45, 2.75) is 27.2 Å². The van der Waals surface area contributed by atoms with Gasteiger partial charge < -0.3 is 10.6 Å². The van der Waals surface area contributed by atoms with Gasteiger partial charge in [0.05, 0.1) is 0 Å². The summed E-state index contributed by atoms with van der Waals surface area (Å²) < 4.78 is 0. The first kappa shape index (κ1) is 13.7. The maximum atomic E-state index is 11.2. The molecule has 0 saturated heterocycles. The molecule has 2 N–H and O–H groups in total. The van der Waals surface area contributed by atoms with Gasteiger partial charge in [0, 0.05) is 25.1 Å². The highest BCUT2D eigenvalue weighted by atomic mass is 35.5. The maximum Gasteiger partial charge on any atom is 0.221 e. The molecule has 1 aromatic heterocycles. The Labute approximate surface area is 106 Å². The van der Waals surface area contributed by atoms with Crippen LogP contribution in [0.4, 0.5) is 5.82 Å². The second kappa shape index (κ2) is 6.39. The SMILES string of the molecule is CCNC(=O)CCNc1nc(C)nc(Cl)c1C. The van der Waals surface area contributed by atoms with Crippen molar-refractivity contribution in [2.24, 2.45) is 0 Å². The standard InChI is InChI=1S/C11H17ClN4O/c1-4-13-9(17)5-6-14-11-7(2)10(12)15-8(3)16-11/h4-6H2,1-3H3,(H,13,17)(H,14,15,16). The number of nitrogens with zero attached hydrogens (tertiary/aromatic N) is 2. The maximum absolute atomic E-state index is 11.2. The van der Waals surface area contributed by atoms with E-state index in [4.69, 9.17) is 11.6 Å². The summed E-state index contributed by atoms with van der Waals surface area (Å²) in [6.07, 6.45) is 0.411. The monoisotopic (exact) mass is 256 g/mol. The van der Waals surface area contributed by atoms with Gasteiger partial charge in [-0.1, -0.05) is 11.6 Å². The van der Waals surface area contributed by atoms with Crippen LogP contribution in [0.2, 0.25) is 5.15 Å². The molecular formula is C11H17ClN4O. The number of hydrogen-bond donors (Lipinski definition) is 2. The number of hydrogen-bond acceptors (Lipinski definition) is 4. The van der Waals surface area contributed by atoms with Crippen molar-refractivity contribution >= 4 is 23.3 Å². The quantitative estimate of drug-likeness (QED) is 0.787. The fourth-order valence-electron chi connectivity index (χ4n) is 1.35. The molecule has 0 radical (unpaired) electrons. The molecule has 0 unspecified atom stereocenters. The number of rotatable bonds is 5. The van der Waals surface area contributed by atoms with E-state index in [0.717, 1.165) is 5.56 Å². The highest BCUT2D eigenvalue weighted by molar-refractivity contribution is 6.30. The third-order valence-electron chi connectivity index (χ3n) is 2.22. The molecule has 0 aromatic carbocycles. The number of carbonyl (C=O) groups excluding carboxylic acids is 1. The molecule has 94 valence electrons. The number of amides is 1. The molecule has 0 spiro atoms. The molecule has 0 aliphatic rings. The Bertz CT molecular complexity index is 409. The van der Waals surface area contributed by atoms with E-state index in [9.17, 15) is 4.79 Å². The second-order valence-electron chi connectivity index (χ2n) is 3.67. The van der Waals surface area contributed by atoms with Gasteiger partial charge in [-0.25, -0.2) is 9.97 Å². The van der Waals surface area contributed by atoms with Crippen molar-refractivity contribution < 1.29 is 4.79 Å². The normalized spacial score (nSPS) is 10.1. The zero-order valence-corrected chi connectivity index (χ0v) is 11.1. The molecule has 0 saturated carbocycles. The largest absolute Gasteiger partial charge is 0.369 e. The predicted molar refractivity (Wildman–Crippen MR) is 68.3 cm³/mol.